The summed E-state index contributed by atoms with van der Waals surface area (Å²) in [5.74, 6) is 1.37. The van der Waals surface area contributed by atoms with Crippen molar-refractivity contribution in [3.63, 3.8) is 0 Å². The summed E-state index contributed by atoms with van der Waals surface area (Å²) in [4.78, 5) is 8.70. The summed E-state index contributed by atoms with van der Waals surface area (Å²) >= 11 is 0. The first-order chi connectivity index (χ1) is 11.3. The number of oxazole rings is 1. The average Bonchev–Trinajstić information content (AvgIpc) is 3.27. The number of guanidine groups is 1. The minimum atomic E-state index is 0.283. The molecule has 1 aliphatic rings. The molecule has 1 aromatic heterocycles. The van der Waals surface area contributed by atoms with Crippen LogP contribution in [0.25, 0.3) is 11.5 Å². The number of benzene rings is 1. The molecule has 1 fully saturated rings. The molecule has 3 rings (SSSR count). The summed E-state index contributed by atoms with van der Waals surface area (Å²) < 4.78 is 11.1. The van der Waals surface area contributed by atoms with Crippen molar-refractivity contribution >= 4 is 5.96 Å². The number of hydrogen-bond donors (Lipinski definition) is 2. The van der Waals surface area contributed by atoms with Crippen LogP contribution in [0.3, 0.4) is 0 Å². The normalized spacial score (nSPS) is 18.1. The van der Waals surface area contributed by atoms with E-state index in [2.05, 4.69) is 20.6 Å². The summed E-state index contributed by atoms with van der Waals surface area (Å²) in [7, 11) is 1.75. The van der Waals surface area contributed by atoms with E-state index < -0.39 is 0 Å². The summed E-state index contributed by atoms with van der Waals surface area (Å²) in [6.07, 6.45) is 4.20. The summed E-state index contributed by atoms with van der Waals surface area (Å²) in [5.41, 5.74) is 1.81. The third-order valence-corrected chi connectivity index (χ3v) is 3.75. The molecule has 0 amide bonds. The second kappa shape index (κ2) is 7.78. The van der Waals surface area contributed by atoms with Gasteiger partial charge in [-0.2, -0.15) is 0 Å². The molecule has 1 aliphatic heterocycles. The molecular weight excluding hydrogens is 292 g/mol. The van der Waals surface area contributed by atoms with Crippen molar-refractivity contribution in [3.8, 4) is 11.5 Å². The number of rotatable bonds is 5. The number of aliphatic imine (C=N–C) groups is 1. The van der Waals surface area contributed by atoms with Gasteiger partial charge in [0.2, 0.25) is 5.89 Å². The van der Waals surface area contributed by atoms with Gasteiger partial charge in [0.1, 0.15) is 6.26 Å². The van der Waals surface area contributed by atoms with Gasteiger partial charge in [-0.15, -0.1) is 0 Å². The molecule has 122 valence electrons. The Labute approximate surface area is 136 Å². The lowest BCUT2D eigenvalue weighted by Crippen LogP contribution is -2.40. The SMILES string of the molecule is CN=C(NCc1coc(-c2ccccc2)n1)NCC1CCCO1. The molecule has 0 aliphatic carbocycles. The molecule has 0 spiro atoms. The molecule has 0 saturated carbocycles. The second-order valence-electron chi connectivity index (χ2n) is 5.45. The molecule has 1 saturated heterocycles. The number of aromatic nitrogens is 1. The van der Waals surface area contributed by atoms with Crippen LogP contribution < -0.4 is 10.6 Å². The monoisotopic (exact) mass is 314 g/mol. The zero-order chi connectivity index (χ0) is 15.9. The minimum absolute atomic E-state index is 0.283. The van der Waals surface area contributed by atoms with E-state index in [0.29, 0.717) is 12.4 Å². The van der Waals surface area contributed by atoms with E-state index in [4.69, 9.17) is 9.15 Å². The predicted molar refractivity (Wildman–Crippen MR) is 89.1 cm³/mol. The Morgan fingerprint density at radius 3 is 2.91 bits per heavy atom. The maximum atomic E-state index is 5.59. The van der Waals surface area contributed by atoms with Crippen LogP contribution in [-0.2, 0) is 11.3 Å². The van der Waals surface area contributed by atoms with Crippen LogP contribution in [0.5, 0.6) is 0 Å². The third kappa shape index (κ3) is 4.32. The Morgan fingerprint density at radius 2 is 2.17 bits per heavy atom. The summed E-state index contributed by atoms with van der Waals surface area (Å²) in [6.45, 7) is 2.19. The van der Waals surface area contributed by atoms with Crippen LogP contribution >= 0.6 is 0 Å². The van der Waals surface area contributed by atoms with Crippen molar-refractivity contribution in [2.75, 3.05) is 20.2 Å². The van der Waals surface area contributed by atoms with Gasteiger partial charge in [-0.1, -0.05) is 18.2 Å². The second-order valence-corrected chi connectivity index (χ2v) is 5.45. The first-order valence-electron chi connectivity index (χ1n) is 7.91. The van der Waals surface area contributed by atoms with Crippen LogP contribution in [0.1, 0.15) is 18.5 Å². The molecule has 0 radical (unpaired) electrons. The van der Waals surface area contributed by atoms with Gasteiger partial charge in [-0.3, -0.25) is 4.99 Å². The molecule has 2 N–H and O–H groups in total. The van der Waals surface area contributed by atoms with E-state index >= 15 is 0 Å². The Kier molecular flexibility index (Phi) is 5.26. The Hall–Kier alpha value is -2.34. The molecule has 2 heterocycles. The molecule has 6 nitrogen and oxygen atoms in total. The first-order valence-corrected chi connectivity index (χ1v) is 7.91. The largest absolute Gasteiger partial charge is 0.444 e. The fourth-order valence-electron chi connectivity index (χ4n) is 2.51. The topological polar surface area (TPSA) is 71.7 Å². The highest BCUT2D eigenvalue weighted by Gasteiger charge is 2.15. The van der Waals surface area contributed by atoms with Gasteiger partial charge in [-0.05, 0) is 25.0 Å². The zero-order valence-electron chi connectivity index (χ0n) is 13.3. The van der Waals surface area contributed by atoms with Crippen LogP contribution in [0, 0.1) is 0 Å². The lowest BCUT2D eigenvalue weighted by molar-refractivity contribution is 0.114. The van der Waals surface area contributed by atoms with E-state index in [9.17, 15) is 0 Å². The first kappa shape index (κ1) is 15.6. The standard InChI is InChI=1S/C17H22N4O2/c1-18-17(20-11-15-8-5-9-22-15)19-10-14-12-23-16(21-14)13-6-3-2-4-7-13/h2-4,6-7,12,15H,5,8-11H2,1H3,(H2,18,19,20). The Balaban J connectivity index is 1.50. The molecule has 1 unspecified atom stereocenters. The highest BCUT2D eigenvalue weighted by Crippen LogP contribution is 2.17. The number of nitrogens with one attached hydrogen (secondary N) is 2. The number of nitrogens with zero attached hydrogens (tertiary/aromatic N) is 2. The molecular formula is C17H22N4O2. The Morgan fingerprint density at radius 1 is 1.30 bits per heavy atom. The van der Waals surface area contributed by atoms with Crippen molar-refractivity contribution in [1.82, 2.24) is 15.6 Å². The van der Waals surface area contributed by atoms with Crippen LogP contribution in [0.4, 0.5) is 0 Å². The van der Waals surface area contributed by atoms with Crippen molar-refractivity contribution in [3.05, 3.63) is 42.3 Å². The van der Waals surface area contributed by atoms with Gasteiger partial charge in [0.25, 0.3) is 0 Å². The van der Waals surface area contributed by atoms with Gasteiger partial charge in [-0.25, -0.2) is 4.98 Å². The van der Waals surface area contributed by atoms with E-state index in [1.807, 2.05) is 30.3 Å². The number of ether oxygens (including phenoxy) is 1. The molecule has 0 bridgehead atoms. The number of hydrogen-bond acceptors (Lipinski definition) is 4. The van der Waals surface area contributed by atoms with Gasteiger partial charge >= 0.3 is 0 Å². The lowest BCUT2D eigenvalue weighted by atomic mass is 10.2. The average molecular weight is 314 g/mol. The van der Waals surface area contributed by atoms with Gasteiger partial charge < -0.3 is 19.8 Å². The van der Waals surface area contributed by atoms with Crippen molar-refractivity contribution in [2.24, 2.45) is 4.99 Å². The fourth-order valence-corrected chi connectivity index (χ4v) is 2.51. The summed E-state index contributed by atoms with van der Waals surface area (Å²) in [6, 6.07) is 9.86. The van der Waals surface area contributed by atoms with Gasteiger partial charge in [0, 0.05) is 25.8 Å². The Bertz CT molecular complexity index is 633. The fraction of sp³-hybridized carbons (Fsp3) is 0.412. The maximum Gasteiger partial charge on any atom is 0.226 e. The molecule has 2 aromatic rings. The molecule has 6 heteroatoms. The third-order valence-electron chi connectivity index (χ3n) is 3.75. The summed E-state index contributed by atoms with van der Waals surface area (Å²) in [5, 5.41) is 6.51. The van der Waals surface area contributed by atoms with Gasteiger partial charge in [0.05, 0.1) is 18.3 Å². The van der Waals surface area contributed by atoms with Crippen LogP contribution in [-0.4, -0.2) is 37.2 Å². The smallest absolute Gasteiger partial charge is 0.226 e. The van der Waals surface area contributed by atoms with Crippen molar-refractivity contribution < 1.29 is 9.15 Å². The van der Waals surface area contributed by atoms with Crippen LogP contribution in [0.2, 0.25) is 0 Å². The maximum absolute atomic E-state index is 5.59. The van der Waals surface area contributed by atoms with Crippen molar-refractivity contribution in [2.45, 2.75) is 25.5 Å². The highest BCUT2D eigenvalue weighted by atomic mass is 16.5. The quantitative estimate of drug-likeness (QED) is 0.654. The molecule has 1 aromatic carbocycles. The molecule has 23 heavy (non-hydrogen) atoms. The lowest BCUT2D eigenvalue weighted by Gasteiger charge is -2.14. The van der Waals surface area contributed by atoms with Gasteiger partial charge in [0.15, 0.2) is 5.96 Å². The van der Waals surface area contributed by atoms with E-state index in [1.54, 1.807) is 13.3 Å². The van der Waals surface area contributed by atoms with E-state index in [-0.39, 0.29) is 6.10 Å². The zero-order valence-corrected chi connectivity index (χ0v) is 13.3. The van der Waals surface area contributed by atoms with Crippen molar-refractivity contribution in [1.29, 1.82) is 0 Å². The highest BCUT2D eigenvalue weighted by molar-refractivity contribution is 5.79. The predicted octanol–water partition coefficient (Wildman–Crippen LogP) is 2.19. The molecule has 1 atom stereocenters. The van der Waals surface area contributed by atoms with Crippen LogP contribution in [0.15, 0.2) is 46.0 Å². The van der Waals surface area contributed by atoms with E-state index in [1.165, 1.54) is 0 Å². The minimum Gasteiger partial charge on any atom is -0.444 e. The van der Waals surface area contributed by atoms with E-state index in [0.717, 1.165) is 43.2 Å².